The molecule has 0 aliphatic rings. The Morgan fingerprint density at radius 2 is 1.93 bits per heavy atom. The van der Waals surface area contributed by atoms with Gasteiger partial charge in [0, 0.05) is 24.3 Å². The van der Waals surface area contributed by atoms with Gasteiger partial charge in [-0.25, -0.2) is 8.42 Å². The third-order valence-corrected chi connectivity index (χ3v) is 5.72. The average Bonchev–Trinajstić information content (AvgIpc) is 2.69. The Labute approximate surface area is 181 Å². The van der Waals surface area contributed by atoms with Crippen molar-refractivity contribution >= 4 is 49.5 Å². The molecule has 0 saturated carbocycles. The SMILES string of the molecule is CCCC(=O)c1cnc2c(OCCS(C)(=O)=O)cccc2c1Nc1ccccc1Cl. The van der Waals surface area contributed by atoms with Crippen molar-refractivity contribution in [1.82, 2.24) is 4.98 Å². The number of anilines is 2. The van der Waals surface area contributed by atoms with Crippen LogP contribution in [-0.2, 0) is 9.84 Å². The van der Waals surface area contributed by atoms with Gasteiger partial charge in [-0.05, 0) is 24.6 Å². The van der Waals surface area contributed by atoms with Gasteiger partial charge in [0.25, 0.3) is 0 Å². The number of nitrogens with zero attached hydrogens (tertiary/aromatic N) is 1. The number of aromatic nitrogens is 1. The molecule has 0 aliphatic heterocycles. The van der Waals surface area contributed by atoms with Crippen molar-refractivity contribution in [3.8, 4) is 5.75 Å². The number of carbonyl (C=O) groups is 1. The van der Waals surface area contributed by atoms with E-state index in [1.165, 1.54) is 6.20 Å². The molecule has 3 aromatic rings. The molecule has 1 heterocycles. The fraction of sp³-hybridized carbons (Fsp3) is 0.273. The quantitative estimate of drug-likeness (QED) is 0.463. The number of pyridine rings is 1. The van der Waals surface area contributed by atoms with Crippen molar-refractivity contribution in [1.29, 1.82) is 0 Å². The van der Waals surface area contributed by atoms with Gasteiger partial charge in [0.15, 0.2) is 15.6 Å². The molecular weight excluding hydrogens is 424 g/mol. The van der Waals surface area contributed by atoms with Crippen molar-refractivity contribution < 1.29 is 17.9 Å². The number of hydrogen-bond donors (Lipinski definition) is 1. The standard InChI is InChI=1S/C22H23ClN2O4S/c1-3-7-19(26)16-14-24-22-15(21(16)25-18-10-5-4-9-17(18)23)8-6-11-20(22)29-12-13-30(2,27)28/h4-6,8-11,14H,3,7,12-13H2,1-2H3,(H,24,25). The summed E-state index contributed by atoms with van der Waals surface area (Å²) in [6, 6.07) is 12.6. The van der Waals surface area contributed by atoms with E-state index in [2.05, 4.69) is 10.3 Å². The first kappa shape index (κ1) is 22.1. The van der Waals surface area contributed by atoms with Crippen LogP contribution in [-0.4, -0.2) is 37.8 Å². The number of nitrogens with one attached hydrogen (secondary N) is 1. The minimum Gasteiger partial charge on any atom is -0.490 e. The normalized spacial score (nSPS) is 11.4. The number of benzene rings is 2. The summed E-state index contributed by atoms with van der Waals surface area (Å²) >= 11 is 6.32. The summed E-state index contributed by atoms with van der Waals surface area (Å²) in [5.41, 5.74) is 2.27. The number of rotatable bonds is 9. The molecule has 0 amide bonds. The number of sulfone groups is 1. The van der Waals surface area contributed by atoms with Gasteiger partial charge in [-0.1, -0.05) is 42.8 Å². The summed E-state index contributed by atoms with van der Waals surface area (Å²) in [5.74, 6) is 0.332. The van der Waals surface area contributed by atoms with Gasteiger partial charge in [0.05, 0.1) is 27.7 Å². The highest BCUT2D eigenvalue weighted by Gasteiger charge is 2.18. The van der Waals surface area contributed by atoms with Gasteiger partial charge < -0.3 is 10.1 Å². The zero-order chi connectivity index (χ0) is 21.7. The largest absolute Gasteiger partial charge is 0.490 e. The lowest BCUT2D eigenvalue weighted by atomic mass is 10.0. The lowest BCUT2D eigenvalue weighted by Gasteiger charge is -2.16. The van der Waals surface area contributed by atoms with Crippen LogP contribution in [0.4, 0.5) is 11.4 Å². The maximum atomic E-state index is 12.7. The number of hydrogen-bond acceptors (Lipinski definition) is 6. The molecule has 0 fully saturated rings. The van der Waals surface area contributed by atoms with Gasteiger partial charge in [-0.3, -0.25) is 9.78 Å². The maximum Gasteiger partial charge on any atom is 0.166 e. The topological polar surface area (TPSA) is 85.4 Å². The zero-order valence-electron chi connectivity index (χ0n) is 16.8. The van der Waals surface area contributed by atoms with E-state index in [0.29, 0.717) is 45.0 Å². The molecule has 0 spiro atoms. The highest BCUT2D eigenvalue weighted by atomic mass is 35.5. The summed E-state index contributed by atoms with van der Waals surface area (Å²) in [6.45, 7) is 1.96. The van der Waals surface area contributed by atoms with Crippen LogP contribution >= 0.6 is 11.6 Å². The summed E-state index contributed by atoms with van der Waals surface area (Å²) in [5, 5.41) is 4.50. The molecule has 0 unspecified atom stereocenters. The van der Waals surface area contributed by atoms with Crippen LogP contribution in [0.15, 0.2) is 48.7 Å². The summed E-state index contributed by atoms with van der Waals surface area (Å²) in [4.78, 5) is 17.2. The van der Waals surface area contributed by atoms with Crippen LogP contribution in [0.3, 0.4) is 0 Å². The van der Waals surface area contributed by atoms with E-state index < -0.39 is 9.84 Å². The highest BCUT2D eigenvalue weighted by Crippen LogP contribution is 2.35. The number of para-hydroxylation sites is 2. The molecule has 30 heavy (non-hydrogen) atoms. The lowest BCUT2D eigenvalue weighted by molar-refractivity contribution is 0.0982. The van der Waals surface area contributed by atoms with Crippen LogP contribution in [0.5, 0.6) is 5.75 Å². The lowest BCUT2D eigenvalue weighted by Crippen LogP contribution is -2.12. The van der Waals surface area contributed by atoms with Crippen molar-refractivity contribution in [2.75, 3.05) is 23.9 Å². The minimum absolute atomic E-state index is 0.0173. The molecule has 3 rings (SSSR count). The first-order valence-electron chi connectivity index (χ1n) is 9.57. The van der Waals surface area contributed by atoms with E-state index in [0.717, 1.165) is 12.7 Å². The molecule has 1 N–H and O–H groups in total. The monoisotopic (exact) mass is 446 g/mol. The minimum atomic E-state index is -3.14. The van der Waals surface area contributed by atoms with Crippen LogP contribution in [0.2, 0.25) is 5.02 Å². The number of carbonyl (C=O) groups excluding carboxylic acids is 1. The second kappa shape index (κ2) is 9.45. The van der Waals surface area contributed by atoms with Crippen molar-refractivity contribution in [2.45, 2.75) is 19.8 Å². The van der Waals surface area contributed by atoms with Crippen molar-refractivity contribution in [3.63, 3.8) is 0 Å². The first-order valence-corrected chi connectivity index (χ1v) is 12.0. The van der Waals surface area contributed by atoms with Crippen LogP contribution < -0.4 is 10.1 Å². The Morgan fingerprint density at radius 1 is 1.17 bits per heavy atom. The molecule has 2 aromatic carbocycles. The van der Waals surface area contributed by atoms with Gasteiger partial charge in [-0.2, -0.15) is 0 Å². The fourth-order valence-corrected chi connectivity index (χ4v) is 3.59. The Balaban J connectivity index is 2.09. The number of halogens is 1. The van der Waals surface area contributed by atoms with Crippen molar-refractivity contribution in [2.24, 2.45) is 0 Å². The predicted octanol–water partition coefficient (Wildman–Crippen LogP) is 5.04. The molecule has 0 radical (unpaired) electrons. The molecule has 6 nitrogen and oxygen atoms in total. The number of fused-ring (bicyclic) bond motifs is 1. The van der Waals surface area contributed by atoms with Crippen LogP contribution in [0.1, 0.15) is 30.1 Å². The van der Waals surface area contributed by atoms with E-state index in [9.17, 15) is 13.2 Å². The Kier molecular flexibility index (Phi) is 6.95. The van der Waals surface area contributed by atoms with Gasteiger partial charge in [-0.15, -0.1) is 0 Å². The smallest absolute Gasteiger partial charge is 0.166 e. The fourth-order valence-electron chi connectivity index (χ4n) is 3.02. The Hall–Kier alpha value is -2.64. The molecule has 0 saturated heterocycles. The van der Waals surface area contributed by atoms with E-state index in [1.807, 2.05) is 31.2 Å². The molecule has 158 valence electrons. The van der Waals surface area contributed by atoms with E-state index in [1.54, 1.807) is 18.2 Å². The van der Waals surface area contributed by atoms with Gasteiger partial charge in [0.1, 0.15) is 17.9 Å². The summed E-state index contributed by atoms with van der Waals surface area (Å²) < 4.78 is 28.5. The number of ether oxygens (including phenoxy) is 1. The third-order valence-electron chi connectivity index (χ3n) is 4.48. The van der Waals surface area contributed by atoms with Gasteiger partial charge >= 0.3 is 0 Å². The van der Waals surface area contributed by atoms with Crippen molar-refractivity contribution in [3.05, 3.63) is 59.2 Å². The average molecular weight is 447 g/mol. The molecule has 0 atom stereocenters. The predicted molar refractivity (Wildman–Crippen MR) is 121 cm³/mol. The molecule has 0 bridgehead atoms. The number of Topliss-reactive ketones (excluding diaryl/α,β-unsaturated/α-hetero) is 1. The van der Waals surface area contributed by atoms with E-state index >= 15 is 0 Å². The maximum absolute atomic E-state index is 12.7. The Bertz CT molecular complexity index is 1180. The zero-order valence-corrected chi connectivity index (χ0v) is 18.4. The Morgan fingerprint density at radius 3 is 2.63 bits per heavy atom. The molecular formula is C22H23ClN2O4S. The molecule has 0 aliphatic carbocycles. The molecule has 1 aromatic heterocycles. The van der Waals surface area contributed by atoms with Crippen LogP contribution in [0.25, 0.3) is 10.9 Å². The second-order valence-corrected chi connectivity index (χ2v) is 9.62. The summed E-state index contributed by atoms with van der Waals surface area (Å²) in [6.07, 6.45) is 3.81. The molecule has 8 heteroatoms. The highest BCUT2D eigenvalue weighted by molar-refractivity contribution is 7.90. The third kappa shape index (κ3) is 5.29. The van der Waals surface area contributed by atoms with Gasteiger partial charge in [0.2, 0.25) is 0 Å². The van der Waals surface area contributed by atoms with Crippen LogP contribution in [0, 0.1) is 0 Å². The van der Waals surface area contributed by atoms with E-state index in [-0.39, 0.29) is 18.1 Å². The second-order valence-electron chi connectivity index (χ2n) is 6.96. The number of ketones is 1. The first-order chi connectivity index (χ1) is 14.3. The van der Waals surface area contributed by atoms with E-state index in [4.69, 9.17) is 16.3 Å². The summed E-state index contributed by atoms with van der Waals surface area (Å²) in [7, 11) is -3.14.